The Kier molecular flexibility index (Phi) is 5.48. The average Bonchev–Trinajstić information content (AvgIpc) is 3.18. The number of nitrogens with zero attached hydrogens (tertiary/aromatic N) is 2. The maximum Gasteiger partial charge on any atom is 0.266 e. The van der Waals surface area contributed by atoms with Gasteiger partial charge in [-0.25, -0.2) is 0 Å². The summed E-state index contributed by atoms with van der Waals surface area (Å²) in [5.74, 6) is -0.0253. The van der Waals surface area contributed by atoms with Crippen LogP contribution >= 0.6 is 35.7 Å². The number of anilines is 1. The zero-order valence-corrected chi connectivity index (χ0v) is 17.8. The molecule has 6 heteroatoms. The second kappa shape index (κ2) is 7.86. The van der Waals surface area contributed by atoms with Gasteiger partial charge in [0, 0.05) is 18.0 Å². The second-order valence-electron chi connectivity index (χ2n) is 6.71. The number of amides is 1. The van der Waals surface area contributed by atoms with Crippen LogP contribution < -0.4 is 4.90 Å². The van der Waals surface area contributed by atoms with Gasteiger partial charge in [-0.3, -0.25) is 9.69 Å². The summed E-state index contributed by atoms with van der Waals surface area (Å²) in [6, 6.07) is 4.57. The zero-order valence-electron chi connectivity index (χ0n) is 15.4. The van der Waals surface area contributed by atoms with Gasteiger partial charge in [0.15, 0.2) is 0 Å². The van der Waals surface area contributed by atoms with E-state index in [1.165, 1.54) is 64.2 Å². The van der Waals surface area contributed by atoms with Gasteiger partial charge in [0.25, 0.3) is 5.91 Å². The van der Waals surface area contributed by atoms with Crippen molar-refractivity contribution >= 4 is 51.7 Å². The van der Waals surface area contributed by atoms with Crippen molar-refractivity contribution in [3.8, 4) is 0 Å². The third-order valence-electron chi connectivity index (χ3n) is 5.10. The van der Waals surface area contributed by atoms with E-state index in [1.54, 1.807) is 11.0 Å². The molecule has 1 aliphatic carbocycles. The molecule has 3 nitrogen and oxygen atoms in total. The van der Waals surface area contributed by atoms with Crippen molar-refractivity contribution in [2.24, 2.45) is 0 Å². The van der Waals surface area contributed by atoms with Crippen LogP contribution in [0.1, 0.15) is 30.9 Å². The van der Waals surface area contributed by atoms with Crippen LogP contribution in [0.3, 0.4) is 0 Å². The van der Waals surface area contributed by atoms with Gasteiger partial charge in [-0.15, -0.1) is 6.58 Å². The Morgan fingerprint density at radius 1 is 1.19 bits per heavy atom. The summed E-state index contributed by atoms with van der Waals surface area (Å²) in [7, 11) is 0. The Labute approximate surface area is 174 Å². The molecule has 0 atom stereocenters. The van der Waals surface area contributed by atoms with Gasteiger partial charge in [-0.2, -0.15) is 0 Å². The molecule has 1 fully saturated rings. The molecule has 2 aliphatic heterocycles. The number of thioether (sulfide) groups is 2. The molecule has 0 saturated carbocycles. The molecule has 1 aromatic rings. The van der Waals surface area contributed by atoms with Crippen LogP contribution in [0.25, 0.3) is 0 Å². The molecule has 0 spiro atoms. The molecule has 2 heterocycles. The molecular formula is C21H22N2OS3. The normalized spacial score (nSPS) is 22.0. The predicted molar refractivity (Wildman–Crippen MR) is 120 cm³/mol. The monoisotopic (exact) mass is 414 g/mol. The largest absolute Gasteiger partial charge is 0.335 e. The van der Waals surface area contributed by atoms with Crippen LogP contribution in [0, 0.1) is 0 Å². The first-order valence-electron chi connectivity index (χ1n) is 9.30. The highest BCUT2D eigenvalue weighted by molar-refractivity contribution is 8.26. The standard InChI is InChI=1S/C21H22N2OS3/c1-3-13-23-20(24)17(26-21(23)25)11-12-18-22(4-2)16-10-9-14-7-5-6-8-15(14)19(16)27-18/h3,9-12H,1,4-8,13H2,2H3/b17-11-,18-12+. The number of hydrogen-bond donors (Lipinski definition) is 0. The lowest BCUT2D eigenvalue weighted by Gasteiger charge is -2.21. The summed E-state index contributed by atoms with van der Waals surface area (Å²) < 4.78 is 0.605. The number of fused-ring (bicyclic) bond motifs is 3. The average molecular weight is 415 g/mol. The van der Waals surface area contributed by atoms with E-state index in [-0.39, 0.29) is 5.91 Å². The van der Waals surface area contributed by atoms with Gasteiger partial charge < -0.3 is 4.90 Å². The van der Waals surface area contributed by atoms with E-state index in [9.17, 15) is 4.79 Å². The number of thiocarbonyl (C=S) groups is 1. The molecule has 140 valence electrons. The van der Waals surface area contributed by atoms with E-state index in [2.05, 4.69) is 36.6 Å². The molecule has 4 rings (SSSR count). The van der Waals surface area contributed by atoms with Crippen LogP contribution in [0.2, 0.25) is 0 Å². The smallest absolute Gasteiger partial charge is 0.266 e. The maximum absolute atomic E-state index is 12.5. The van der Waals surface area contributed by atoms with Gasteiger partial charge in [0.05, 0.1) is 15.6 Å². The predicted octanol–water partition coefficient (Wildman–Crippen LogP) is 5.27. The molecule has 1 saturated heterocycles. The third-order valence-corrected chi connectivity index (χ3v) is 7.72. The number of carbonyl (C=O) groups excluding carboxylic acids is 1. The van der Waals surface area contributed by atoms with Crippen LogP contribution in [-0.2, 0) is 17.6 Å². The molecule has 1 amide bonds. The number of rotatable bonds is 4. The van der Waals surface area contributed by atoms with Crippen molar-refractivity contribution in [3.63, 3.8) is 0 Å². The Balaban J connectivity index is 1.64. The van der Waals surface area contributed by atoms with Crippen molar-refractivity contribution in [3.05, 3.63) is 58.0 Å². The fraction of sp³-hybridized carbons (Fsp3) is 0.333. The van der Waals surface area contributed by atoms with Crippen molar-refractivity contribution in [2.75, 3.05) is 18.0 Å². The Bertz CT molecular complexity index is 888. The molecule has 0 aromatic heterocycles. The number of aryl methyl sites for hydroxylation is 1. The van der Waals surface area contributed by atoms with Gasteiger partial charge >= 0.3 is 0 Å². The lowest BCUT2D eigenvalue weighted by molar-refractivity contribution is -0.121. The van der Waals surface area contributed by atoms with Gasteiger partial charge in [0.2, 0.25) is 0 Å². The number of hydrogen-bond acceptors (Lipinski definition) is 5. The lowest BCUT2D eigenvalue weighted by atomic mass is 9.91. The first-order valence-corrected chi connectivity index (χ1v) is 11.3. The summed E-state index contributed by atoms with van der Waals surface area (Å²) in [6.07, 6.45) is 10.6. The topological polar surface area (TPSA) is 23.6 Å². The van der Waals surface area contributed by atoms with E-state index in [4.69, 9.17) is 12.2 Å². The highest BCUT2D eigenvalue weighted by Crippen LogP contribution is 2.50. The van der Waals surface area contributed by atoms with E-state index >= 15 is 0 Å². The zero-order chi connectivity index (χ0) is 19.0. The summed E-state index contributed by atoms with van der Waals surface area (Å²) in [5, 5.41) is 1.18. The maximum atomic E-state index is 12.5. The molecule has 0 bridgehead atoms. The van der Waals surface area contributed by atoms with E-state index in [0.29, 0.717) is 15.8 Å². The quantitative estimate of drug-likeness (QED) is 0.379. The van der Waals surface area contributed by atoms with Crippen molar-refractivity contribution < 1.29 is 4.79 Å². The van der Waals surface area contributed by atoms with Crippen LogP contribution in [-0.4, -0.2) is 28.2 Å². The third kappa shape index (κ3) is 3.39. The summed E-state index contributed by atoms with van der Waals surface area (Å²) in [5.41, 5.74) is 4.35. The molecular weight excluding hydrogens is 392 g/mol. The number of benzene rings is 1. The Morgan fingerprint density at radius 2 is 2.00 bits per heavy atom. The first-order chi connectivity index (χ1) is 13.1. The van der Waals surface area contributed by atoms with Crippen molar-refractivity contribution in [1.82, 2.24) is 4.90 Å². The van der Waals surface area contributed by atoms with Crippen LogP contribution in [0.4, 0.5) is 5.69 Å². The molecule has 0 radical (unpaired) electrons. The minimum Gasteiger partial charge on any atom is -0.335 e. The minimum absolute atomic E-state index is 0.0253. The minimum atomic E-state index is -0.0253. The molecule has 1 aromatic carbocycles. The summed E-state index contributed by atoms with van der Waals surface area (Å²) in [4.78, 5) is 18.6. The SMILES string of the molecule is C=CCN1C(=O)/C(=C/C=C2/Sc3c(ccc4c3CCCC4)N2CC)SC1=S. The fourth-order valence-corrected chi connectivity index (χ4v) is 6.32. The summed E-state index contributed by atoms with van der Waals surface area (Å²) >= 11 is 8.53. The molecule has 0 unspecified atom stereocenters. The van der Waals surface area contributed by atoms with E-state index in [0.717, 1.165) is 6.54 Å². The lowest BCUT2D eigenvalue weighted by Crippen LogP contribution is -2.27. The number of carbonyl (C=O) groups is 1. The van der Waals surface area contributed by atoms with Crippen LogP contribution in [0.5, 0.6) is 0 Å². The summed E-state index contributed by atoms with van der Waals surface area (Å²) in [6.45, 7) is 7.25. The Morgan fingerprint density at radius 3 is 2.78 bits per heavy atom. The highest BCUT2D eigenvalue weighted by atomic mass is 32.2. The van der Waals surface area contributed by atoms with Crippen molar-refractivity contribution in [2.45, 2.75) is 37.5 Å². The van der Waals surface area contributed by atoms with Crippen molar-refractivity contribution in [1.29, 1.82) is 0 Å². The van der Waals surface area contributed by atoms with Gasteiger partial charge in [-0.05, 0) is 62.0 Å². The highest BCUT2D eigenvalue weighted by Gasteiger charge is 2.32. The first kappa shape index (κ1) is 18.8. The molecule has 27 heavy (non-hydrogen) atoms. The fourth-order valence-electron chi connectivity index (χ4n) is 3.78. The second-order valence-corrected chi connectivity index (χ2v) is 9.42. The number of allylic oxidation sites excluding steroid dienone is 2. The van der Waals surface area contributed by atoms with E-state index in [1.807, 2.05) is 17.8 Å². The van der Waals surface area contributed by atoms with E-state index < -0.39 is 0 Å². The van der Waals surface area contributed by atoms with Crippen LogP contribution in [0.15, 0.2) is 51.8 Å². The molecule has 3 aliphatic rings. The molecule has 0 N–H and O–H groups in total. The van der Waals surface area contributed by atoms with Gasteiger partial charge in [0.1, 0.15) is 4.32 Å². The Hall–Kier alpha value is -1.50. The van der Waals surface area contributed by atoms with Gasteiger partial charge in [-0.1, -0.05) is 47.9 Å².